The standard InChI is InChI=1S/C16H28N2O10/c1-6(21)17-8-5-26-10(4-20)15(12(8)23)28-16-11(18-7(2)22)14(25)13(24)9(3-19)27-16/h8-16,19-20,23-25H,3-5H2,1-2H3,(H,17,21)(H,18,22)/t8-,9+,10-,11-,12-,13-,14-,15-,16+/m1/s1. The molecule has 0 spiro atoms. The first-order valence-electron chi connectivity index (χ1n) is 8.92. The van der Waals surface area contributed by atoms with Crippen LogP contribution in [0, 0.1) is 0 Å². The zero-order valence-electron chi connectivity index (χ0n) is 15.6. The summed E-state index contributed by atoms with van der Waals surface area (Å²) in [4.78, 5) is 22.8. The number of ether oxygens (including phenoxy) is 3. The Labute approximate surface area is 161 Å². The van der Waals surface area contributed by atoms with Crippen molar-refractivity contribution < 1.29 is 49.3 Å². The molecule has 0 radical (unpaired) electrons. The van der Waals surface area contributed by atoms with Crippen molar-refractivity contribution in [2.75, 3.05) is 19.8 Å². The summed E-state index contributed by atoms with van der Waals surface area (Å²) in [6, 6.07) is -2.04. The highest BCUT2D eigenvalue weighted by Gasteiger charge is 2.49. The molecule has 12 heteroatoms. The van der Waals surface area contributed by atoms with Gasteiger partial charge in [0.15, 0.2) is 6.29 Å². The summed E-state index contributed by atoms with van der Waals surface area (Å²) >= 11 is 0. The number of rotatable bonds is 6. The molecular weight excluding hydrogens is 380 g/mol. The maximum Gasteiger partial charge on any atom is 0.217 e. The van der Waals surface area contributed by atoms with E-state index in [0.717, 1.165) is 0 Å². The first-order chi connectivity index (χ1) is 13.2. The van der Waals surface area contributed by atoms with Crippen LogP contribution in [-0.4, -0.2) is 112 Å². The van der Waals surface area contributed by atoms with E-state index >= 15 is 0 Å². The van der Waals surface area contributed by atoms with Crippen molar-refractivity contribution in [3.05, 3.63) is 0 Å². The summed E-state index contributed by atoms with van der Waals surface area (Å²) in [5.74, 6) is -0.941. The number of hydrogen-bond acceptors (Lipinski definition) is 10. The molecular formula is C16H28N2O10. The van der Waals surface area contributed by atoms with Crippen molar-refractivity contribution >= 4 is 11.8 Å². The van der Waals surface area contributed by atoms with E-state index in [9.17, 15) is 35.1 Å². The molecule has 162 valence electrons. The number of amides is 2. The van der Waals surface area contributed by atoms with Crippen LogP contribution >= 0.6 is 0 Å². The highest BCUT2D eigenvalue weighted by atomic mass is 16.7. The van der Waals surface area contributed by atoms with E-state index in [4.69, 9.17) is 14.2 Å². The monoisotopic (exact) mass is 408 g/mol. The maximum atomic E-state index is 11.5. The lowest BCUT2D eigenvalue weighted by atomic mass is 9.95. The van der Waals surface area contributed by atoms with Gasteiger partial charge in [0.1, 0.15) is 42.7 Å². The van der Waals surface area contributed by atoms with Gasteiger partial charge in [0.25, 0.3) is 0 Å². The molecule has 0 aliphatic carbocycles. The Kier molecular flexibility index (Phi) is 8.09. The lowest BCUT2D eigenvalue weighted by Gasteiger charge is -2.46. The Bertz CT molecular complexity index is 550. The van der Waals surface area contributed by atoms with Crippen molar-refractivity contribution in [2.24, 2.45) is 0 Å². The zero-order chi connectivity index (χ0) is 21.0. The van der Waals surface area contributed by atoms with Gasteiger partial charge >= 0.3 is 0 Å². The molecule has 0 aromatic rings. The van der Waals surface area contributed by atoms with Gasteiger partial charge in [0, 0.05) is 13.8 Å². The summed E-state index contributed by atoms with van der Waals surface area (Å²) in [6.07, 6.45) is -9.07. The van der Waals surface area contributed by atoms with Crippen LogP contribution in [0.2, 0.25) is 0 Å². The molecule has 2 rings (SSSR count). The Morgan fingerprint density at radius 2 is 1.57 bits per heavy atom. The molecule has 2 aliphatic rings. The molecule has 2 saturated heterocycles. The smallest absolute Gasteiger partial charge is 0.217 e. The van der Waals surface area contributed by atoms with Gasteiger partial charge < -0.3 is 50.4 Å². The second-order valence-electron chi connectivity index (χ2n) is 6.89. The minimum atomic E-state index is -1.53. The molecule has 28 heavy (non-hydrogen) atoms. The van der Waals surface area contributed by atoms with Crippen LogP contribution in [0.4, 0.5) is 0 Å². The molecule has 2 amide bonds. The third kappa shape index (κ3) is 5.15. The molecule has 0 aromatic carbocycles. The molecule has 2 heterocycles. The van der Waals surface area contributed by atoms with Gasteiger partial charge in [0.05, 0.1) is 25.9 Å². The number of aliphatic hydroxyl groups excluding tert-OH is 5. The molecule has 2 aliphatic heterocycles. The van der Waals surface area contributed by atoms with Crippen molar-refractivity contribution in [1.29, 1.82) is 0 Å². The number of hydrogen-bond donors (Lipinski definition) is 7. The first kappa shape index (κ1) is 22.9. The lowest BCUT2D eigenvalue weighted by molar-refractivity contribution is -0.309. The fraction of sp³-hybridized carbons (Fsp3) is 0.875. The average Bonchev–Trinajstić information content (AvgIpc) is 2.63. The third-order valence-corrected chi connectivity index (χ3v) is 4.72. The molecule has 9 atom stereocenters. The fourth-order valence-electron chi connectivity index (χ4n) is 3.32. The second kappa shape index (κ2) is 9.89. The average molecular weight is 408 g/mol. The number of carbonyl (C=O) groups is 2. The summed E-state index contributed by atoms with van der Waals surface area (Å²) in [6.45, 7) is 1.25. The molecule has 0 aromatic heterocycles. The number of carbonyl (C=O) groups excluding carboxylic acids is 2. The van der Waals surface area contributed by atoms with Crippen molar-refractivity contribution in [3.63, 3.8) is 0 Å². The molecule has 0 saturated carbocycles. The molecule has 12 nitrogen and oxygen atoms in total. The van der Waals surface area contributed by atoms with E-state index in [1.165, 1.54) is 13.8 Å². The number of aliphatic hydroxyl groups is 5. The fourth-order valence-corrected chi connectivity index (χ4v) is 3.32. The van der Waals surface area contributed by atoms with Crippen LogP contribution in [0.5, 0.6) is 0 Å². The zero-order valence-corrected chi connectivity index (χ0v) is 15.6. The van der Waals surface area contributed by atoms with Crippen LogP contribution < -0.4 is 10.6 Å². The van der Waals surface area contributed by atoms with Gasteiger partial charge in [-0.1, -0.05) is 0 Å². The van der Waals surface area contributed by atoms with Crippen LogP contribution in [-0.2, 0) is 23.8 Å². The van der Waals surface area contributed by atoms with E-state index < -0.39 is 80.0 Å². The minimum Gasteiger partial charge on any atom is -0.394 e. The van der Waals surface area contributed by atoms with Gasteiger partial charge in [-0.05, 0) is 0 Å². The van der Waals surface area contributed by atoms with Crippen LogP contribution in [0.15, 0.2) is 0 Å². The van der Waals surface area contributed by atoms with Crippen molar-refractivity contribution in [2.45, 2.75) is 68.8 Å². The SMILES string of the molecule is CC(=O)N[C@H]1[C@H](O[C@H]2[C@H](O)[C@H](NC(C)=O)CO[C@@H]2CO)O[C@@H](CO)[C@@H](O)[C@@H]1O. The molecule has 0 bridgehead atoms. The van der Waals surface area contributed by atoms with E-state index in [-0.39, 0.29) is 6.61 Å². The molecule has 0 unspecified atom stereocenters. The molecule has 7 N–H and O–H groups in total. The Balaban J connectivity index is 2.22. The van der Waals surface area contributed by atoms with Crippen LogP contribution in [0.25, 0.3) is 0 Å². The molecule has 2 fully saturated rings. The van der Waals surface area contributed by atoms with Gasteiger partial charge in [-0.15, -0.1) is 0 Å². The summed E-state index contributed by atoms with van der Waals surface area (Å²) in [7, 11) is 0. The van der Waals surface area contributed by atoms with Gasteiger partial charge in [0.2, 0.25) is 11.8 Å². The van der Waals surface area contributed by atoms with E-state index in [1.807, 2.05) is 0 Å². The Morgan fingerprint density at radius 3 is 2.11 bits per heavy atom. The van der Waals surface area contributed by atoms with Gasteiger partial charge in [-0.3, -0.25) is 9.59 Å². The minimum absolute atomic E-state index is 0.0624. The van der Waals surface area contributed by atoms with E-state index in [0.29, 0.717) is 0 Å². The van der Waals surface area contributed by atoms with E-state index in [2.05, 4.69) is 10.6 Å². The predicted molar refractivity (Wildman–Crippen MR) is 90.7 cm³/mol. The normalized spacial score (nSPS) is 41.3. The highest BCUT2D eigenvalue weighted by molar-refractivity contribution is 5.73. The predicted octanol–water partition coefficient (Wildman–Crippen LogP) is -4.43. The summed E-state index contributed by atoms with van der Waals surface area (Å²) in [5.41, 5.74) is 0. The van der Waals surface area contributed by atoms with E-state index in [1.54, 1.807) is 0 Å². The Morgan fingerprint density at radius 1 is 0.964 bits per heavy atom. The second-order valence-corrected chi connectivity index (χ2v) is 6.89. The first-order valence-corrected chi connectivity index (χ1v) is 8.92. The number of nitrogens with one attached hydrogen (secondary N) is 2. The summed E-state index contributed by atoms with van der Waals surface area (Å²) in [5, 5.41) is 54.7. The lowest BCUT2D eigenvalue weighted by Crippen LogP contribution is -2.67. The quantitative estimate of drug-likeness (QED) is 0.226. The van der Waals surface area contributed by atoms with Crippen molar-refractivity contribution in [3.8, 4) is 0 Å². The highest BCUT2D eigenvalue weighted by Crippen LogP contribution is 2.27. The largest absolute Gasteiger partial charge is 0.394 e. The van der Waals surface area contributed by atoms with Gasteiger partial charge in [-0.25, -0.2) is 0 Å². The maximum absolute atomic E-state index is 11.5. The van der Waals surface area contributed by atoms with Crippen LogP contribution in [0.3, 0.4) is 0 Å². The van der Waals surface area contributed by atoms with Crippen LogP contribution in [0.1, 0.15) is 13.8 Å². The summed E-state index contributed by atoms with van der Waals surface area (Å²) < 4.78 is 16.6. The Hall–Kier alpha value is -1.38. The third-order valence-electron chi connectivity index (χ3n) is 4.72. The topological polar surface area (TPSA) is 187 Å². The van der Waals surface area contributed by atoms with Crippen molar-refractivity contribution in [1.82, 2.24) is 10.6 Å². The van der Waals surface area contributed by atoms with Gasteiger partial charge in [-0.2, -0.15) is 0 Å².